The van der Waals surface area contributed by atoms with Crippen molar-refractivity contribution < 1.29 is 33.7 Å². The zero-order chi connectivity index (χ0) is 28.1. The lowest BCUT2D eigenvalue weighted by Gasteiger charge is -2.38. The second-order valence-corrected chi connectivity index (χ2v) is 16.0. The van der Waals surface area contributed by atoms with Gasteiger partial charge in [-0.15, -0.1) is 11.8 Å². The van der Waals surface area contributed by atoms with Crippen LogP contribution in [0.25, 0.3) is 27.5 Å². The maximum Gasteiger partial charge on any atom is 0.355 e. The number of rotatable bonds is 8. The molecule has 5 nitrogen and oxygen atoms in total. The van der Waals surface area contributed by atoms with Gasteiger partial charge in [0.1, 0.15) is 5.82 Å². The van der Waals surface area contributed by atoms with Crippen LogP contribution in [-0.2, 0) is 0 Å². The first-order valence-electron chi connectivity index (χ1n) is 10.7. The van der Waals surface area contributed by atoms with E-state index in [-0.39, 0.29) is 21.6 Å². The molecule has 15 heteroatoms. The van der Waals surface area contributed by atoms with E-state index in [1.165, 1.54) is 42.1 Å². The summed E-state index contributed by atoms with van der Waals surface area (Å²) in [4.78, 5) is 16.2. The van der Waals surface area contributed by atoms with Crippen molar-refractivity contribution in [3.63, 3.8) is 0 Å². The number of aryl methyl sites for hydroxylation is 1. The molecule has 2 heterocycles. The van der Waals surface area contributed by atoms with Gasteiger partial charge in [0.2, 0.25) is 5.13 Å². The minimum absolute atomic E-state index is 0.0613. The van der Waals surface area contributed by atoms with E-state index in [0.717, 1.165) is 28.2 Å². The van der Waals surface area contributed by atoms with E-state index in [1.807, 2.05) is 13.8 Å². The molecule has 0 radical (unpaired) electrons. The number of thiazole rings is 1. The third-order valence-corrected chi connectivity index (χ3v) is 9.41. The Bertz CT molecular complexity index is 1540. The van der Waals surface area contributed by atoms with Crippen molar-refractivity contribution in [2.24, 2.45) is 0 Å². The monoisotopic (exact) mass is 611 g/mol. The normalized spacial score (nSPS) is 13.9. The molecule has 0 aliphatic rings. The Hall–Kier alpha value is -2.62. The summed E-state index contributed by atoms with van der Waals surface area (Å²) in [6, 6.07) is 9.80. The topological polar surface area (TPSA) is 68.0 Å². The molecule has 204 valence electrons. The molecule has 0 atom stereocenters. The number of thioether (sulfide) groups is 1. The quantitative estimate of drug-likeness (QED) is 0.122. The van der Waals surface area contributed by atoms with E-state index in [1.54, 1.807) is 13.0 Å². The maximum absolute atomic E-state index is 13.9. The zero-order valence-electron chi connectivity index (χ0n) is 19.8. The summed E-state index contributed by atoms with van der Waals surface area (Å²) in [5.41, 5.74) is 1.30. The van der Waals surface area contributed by atoms with Crippen LogP contribution in [0.4, 0.5) is 23.8 Å². The van der Waals surface area contributed by atoms with Gasteiger partial charge in [0.05, 0.1) is 15.6 Å². The molecule has 1 N–H and O–H groups in total. The number of nitrogens with zero attached hydrogens (tertiary/aromatic N) is 3. The van der Waals surface area contributed by atoms with Gasteiger partial charge in [0.25, 0.3) is 0 Å². The number of benzene rings is 2. The first kappa shape index (κ1) is 28.4. The van der Waals surface area contributed by atoms with E-state index in [0.29, 0.717) is 26.7 Å². The largest absolute Gasteiger partial charge is 0.476 e. The number of hydrogen-bond donors (Lipinski definition) is 1. The smallest absolute Gasteiger partial charge is 0.355 e. The third kappa shape index (κ3) is 6.68. The summed E-state index contributed by atoms with van der Waals surface area (Å²) < 4.78 is 80.0. The Morgan fingerprint density at radius 2 is 1.71 bits per heavy atom. The van der Waals surface area contributed by atoms with Crippen LogP contribution in [0.5, 0.6) is 0 Å². The van der Waals surface area contributed by atoms with Gasteiger partial charge in [0, 0.05) is 32.1 Å². The van der Waals surface area contributed by atoms with Crippen LogP contribution in [-0.4, -0.2) is 31.1 Å². The molecule has 0 amide bonds. The average Bonchev–Trinajstić information content (AvgIpc) is 3.32. The number of carboxylic acids is 1. The predicted molar refractivity (Wildman–Crippen MR) is 142 cm³/mol. The van der Waals surface area contributed by atoms with Crippen molar-refractivity contribution in [2.45, 2.75) is 35.1 Å². The predicted octanol–water partition coefficient (Wildman–Crippen LogP) is 9.61. The van der Waals surface area contributed by atoms with Gasteiger partial charge in [-0.1, -0.05) is 68.9 Å². The number of carbonyl (C=O) groups is 1. The Morgan fingerprint density at radius 1 is 1.05 bits per heavy atom. The Balaban J connectivity index is 1.82. The van der Waals surface area contributed by atoms with E-state index in [9.17, 15) is 33.7 Å². The molecule has 4 rings (SSSR count). The highest BCUT2D eigenvalue weighted by atomic mass is 33.3. The molecule has 2 aromatic heterocycles. The third-order valence-electron chi connectivity index (χ3n) is 4.87. The molecule has 0 aliphatic carbocycles. The summed E-state index contributed by atoms with van der Waals surface area (Å²) in [5.74, 6) is -1.87. The Labute approximate surface area is 225 Å². The number of carboxylic acid groups (broad SMARTS) is 1. The second kappa shape index (κ2) is 9.24. The van der Waals surface area contributed by atoms with Crippen molar-refractivity contribution in [1.82, 2.24) is 14.8 Å². The summed E-state index contributed by atoms with van der Waals surface area (Å²) >= 11 is 2.51. The van der Waals surface area contributed by atoms with Crippen LogP contribution in [0, 0.1) is 12.7 Å². The highest BCUT2D eigenvalue weighted by Crippen LogP contribution is 3.06. The van der Waals surface area contributed by atoms with E-state index >= 15 is 0 Å². The van der Waals surface area contributed by atoms with Crippen molar-refractivity contribution in [1.29, 1.82) is 0 Å². The van der Waals surface area contributed by atoms with Crippen molar-refractivity contribution in [3.05, 3.63) is 65.7 Å². The van der Waals surface area contributed by atoms with Crippen LogP contribution >= 0.6 is 43.1 Å². The molecule has 0 fully saturated rings. The molecule has 0 saturated heterocycles. The van der Waals surface area contributed by atoms with Gasteiger partial charge >= 0.3 is 15.2 Å². The van der Waals surface area contributed by atoms with Crippen molar-refractivity contribution in [2.75, 3.05) is 0 Å². The summed E-state index contributed by atoms with van der Waals surface area (Å²) in [5, 5.41) is 14.6. The first-order valence-corrected chi connectivity index (χ1v) is 15.7. The highest BCUT2D eigenvalue weighted by molar-refractivity contribution is 9.02. The lowest BCUT2D eigenvalue weighted by atomic mass is 10.0. The number of aromatic nitrogens is 3. The SMILES string of the molecule is Cc1nn(-c2nc(-c3ccc(SS(F)(F)(F)(F)F)cc3)c(SC(C)C)s2)c(C(=O)O)c1-c1cccc(F)c1. The maximum atomic E-state index is 13.9. The molecule has 0 bridgehead atoms. The first-order chi connectivity index (χ1) is 17.4. The minimum atomic E-state index is -9.72. The van der Waals surface area contributed by atoms with Gasteiger partial charge in [-0.05, 0) is 36.8 Å². The number of hydrogen-bond acceptors (Lipinski definition) is 6. The molecular weight excluding hydrogens is 593 g/mol. The molecule has 2 aromatic carbocycles. The fourth-order valence-corrected chi connectivity index (χ4v) is 8.08. The summed E-state index contributed by atoms with van der Waals surface area (Å²) in [7, 11) is -11.1. The molecule has 4 aromatic rings. The van der Waals surface area contributed by atoms with E-state index < -0.39 is 36.7 Å². The lowest BCUT2D eigenvalue weighted by Crippen LogP contribution is -2.09. The zero-order valence-corrected chi connectivity index (χ0v) is 23.1. The number of halogens is 6. The van der Waals surface area contributed by atoms with Crippen molar-refractivity contribution >= 4 is 49.1 Å². The second-order valence-electron chi connectivity index (χ2n) is 8.34. The molecule has 0 spiro atoms. The average molecular weight is 612 g/mol. The van der Waals surface area contributed by atoms with E-state index in [2.05, 4.69) is 10.1 Å². The van der Waals surface area contributed by atoms with Gasteiger partial charge in [-0.2, -0.15) is 9.78 Å². The van der Waals surface area contributed by atoms with Crippen LogP contribution in [0.15, 0.2) is 57.6 Å². The van der Waals surface area contributed by atoms with Gasteiger partial charge in [-0.25, -0.2) is 14.2 Å². The molecule has 38 heavy (non-hydrogen) atoms. The van der Waals surface area contributed by atoms with Crippen LogP contribution < -0.4 is 0 Å². The lowest BCUT2D eigenvalue weighted by molar-refractivity contribution is 0.0687. The fraction of sp³-hybridized carbons (Fsp3) is 0.174. The summed E-state index contributed by atoms with van der Waals surface area (Å²) in [6.45, 7) is 5.40. The molecule has 0 unspecified atom stereocenters. The fourth-order valence-electron chi connectivity index (χ4n) is 3.57. The van der Waals surface area contributed by atoms with Gasteiger partial charge < -0.3 is 5.11 Å². The highest BCUT2D eigenvalue weighted by Gasteiger charge is 2.65. The van der Waals surface area contributed by atoms with Gasteiger partial charge in [-0.3, -0.25) is 0 Å². The Kier molecular flexibility index (Phi) is 6.90. The molecule has 0 aliphatic heterocycles. The van der Waals surface area contributed by atoms with Crippen molar-refractivity contribution in [3.8, 4) is 27.5 Å². The van der Waals surface area contributed by atoms with Crippen LogP contribution in [0.1, 0.15) is 30.0 Å². The summed E-state index contributed by atoms with van der Waals surface area (Å²) in [6.07, 6.45) is 0. The molecular formula is C23H19F6N3O2S4. The Morgan fingerprint density at radius 3 is 2.26 bits per heavy atom. The van der Waals surface area contributed by atoms with Crippen LogP contribution in [0.2, 0.25) is 0 Å². The molecule has 0 saturated carbocycles. The van der Waals surface area contributed by atoms with Crippen LogP contribution in [0.3, 0.4) is 0 Å². The standard InChI is InChI=1S/C23H19F6N3O2S4/c1-12(2)35-22-19(14-7-9-17(10-8-14)37-38(25,26,27,28)29)30-23(36-22)32-20(21(33)34)18(13(3)31-32)15-5-4-6-16(24)11-15/h4-12H,1-3H3,(H,33,34). The van der Waals surface area contributed by atoms with E-state index in [4.69, 9.17) is 0 Å². The van der Waals surface area contributed by atoms with Gasteiger partial charge in [0.15, 0.2) is 5.69 Å². The minimum Gasteiger partial charge on any atom is -0.476 e. The number of aromatic carboxylic acids is 1.